The highest BCUT2D eigenvalue weighted by molar-refractivity contribution is 9.11. The van der Waals surface area contributed by atoms with Gasteiger partial charge in [0.15, 0.2) is 5.54 Å². The van der Waals surface area contributed by atoms with Crippen molar-refractivity contribution < 1.29 is 19.1 Å². The standard InChI is InChI=1S/C35H34BrN3O4S/c1-43-34(42)35(20-23-10-4-2-5-11-23)30-26(22-39(35)32(40)24-12-6-3-7-13-24)18-28-27(30)19-29(33(41)37-15-8-9-16-37)38(28)21-25-14-17-44-31(25)36/h2-7,10-14,17,19,26,30H,8-9,15-16,18,20-22H2,1H3/t26-,30+,35+/m0/s1. The van der Waals surface area contributed by atoms with Crippen LogP contribution in [0.2, 0.25) is 0 Å². The van der Waals surface area contributed by atoms with Crippen molar-refractivity contribution >= 4 is 45.1 Å². The summed E-state index contributed by atoms with van der Waals surface area (Å²) >= 11 is 5.33. The lowest BCUT2D eigenvalue weighted by atomic mass is 9.75. The highest BCUT2D eigenvalue weighted by atomic mass is 79.9. The van der Waals surface area contributed by atoms with E-state index in [1.54, 1.807) is 28.4 Å². The third kappa shape index (κ3) is 4.72. The lowest BCUT2D eigenvalue weighted by molar-refractivity contribution is -0.153. The monoisotopic (exact) mass is 671 g/mol. The molecule has 4 aromatic rings. The molecule has 226 valence electrons. The van der Waals surface area contributed by atoms with E-state index in [1.807, 2.05) is 59.5 Å². The van der Waals surface area contributed by atoms with Gasteiger partial charge in [-0.2, -0.15) is 0 Å². The Kier molecular flexibility index (Phi) is 7.70. The number of carbonyl (C=O) groups is 3. The molecule has 0 radical (unpaired) electrons. The van der Waals surface area contributed by atoms with E-state index >= 15 is 0 Å². The molecule has 9 heteroatoms. The number of benzene rings is 2. The number of methoxy groups -OCH3 is 1. The van der Waals surface area contributed by atoms with Crippen molar-refractivity contribution in [3.05, 3.63) is 116 Å². The smallest absolute Gasteiger partial charge is 0.332 e. The largest absolute Gasteiger partial charge is 0.467 e. The van der Waals surface area contributed by atoms with E-state index in [0.717, 1.165) is 52.1 Å². The second kappa shape index (κ2) is 11.7. The summed E-state index contributed by atoms with van der Waals surface area (Å²) in [5, 5.41) is 2.05. The minimum absolute atomic E-state index is 0.00331. The van der Waals surface area contributed by atoms with E-state index in [0.29, 0.717) is 37.2 Å². The van der Waals surface area contributed by atoms with Gasteiger partial charge in [-0.1, -0.05) is 48.5 Å². The molecule has 0 bridgehead atoms. The van der Waals surface area contributed by atoms with Crippen molar-refractivity contribution in [2.24, 2.45) is 5.92 Å². The number of amides is 2. The first-order valence-corrected chi connectivity index (χ1v) is 16.8. The normalized spacial score (nSPS) is 22.2. The number of carbonyl (C=O) groups excluding carboxylic acids is 3. The van der Waals surface area contributed by atoms with Crippen LogP contribution < -0.4 is 0 Å². The van der Waals surface area contributed by atoms with Crippen LogP contribution in [0.15, 0.2) is 82.0 Å². The van der Waals surface area contributed by atoms with Gasteiger partial charge in [0.1, 0.15) is 5.69 Å². The van der Waals surface area contributed by atoms with Gasteiger partial charge in [0, 0.05) is 49.8 Å². The highest BCUT2D eigenvalue weighted by Crippen LogP contribution is 2.55. The fourth-order valence-corrected chi connectivity index (χ4v) is 8.97. The van der Waals surface area contributed by atoms with Crippen LogP contribution in [0.3, 0.4) is 0 Å². The van der Waals surface area contributed by atoms with E-state index in [2.05, 4.69) is 31.9 Å². The lowest BCUT2D eigenvalue weighted by Crippen LogP contribution is -2.58. The van der Waals surface area contributed by atoms with E-state index in [1.165, 1.54) is 7.11 Å². The van der Waals surface area contributed by atoms with Crippen LogP contribution >= 0.6 is 27.3 Å². The number of hydrogen-bond donors (Lipinski definition) is 0. The van der Waals surface area contributed by atoms with Gasteiger partial charge in [0.25, 0.3) is 11.8 Å². The summed E-state index contributed by atoms with van der Waals surface area (Å²) in [4.78, 5) is 46.3. The number of likely N-dealkylation sites (tertiary alicyclic amines) is 2. The Morgan fingerprint density at radius 2 is 1.68 bits per heavy atom. The molecule has 7 nitrogen and oxygen atoms in total. The second-order valence-corrected chi connectivity index (χ2v) is 14.3. The number of rotatable bonds is 7. The van der Waals surface area contributed by atoms with Gasteiger partial charge in [-0.15, -0.1) is 11.3 Å². The number of aromatic nitrogens is 1. The van der Waals surface area contributed by atoms with Gasteiger partial charge in [-0.3, -0.25) is 9.59 Å². The van der Waals surface area contributed by atoms with Crippen LogP contribution in [0.25, 0.3) is 0 Å². The maximum absolute atomic E-state index is 14.3. The van der Waals surface area contributed by atoms with Crippen molar-refractivity contribution in [2.45, 2.75) is 43.7 Å². The van der Waals surface area contributed by atoms with E-state index in [4.69, 9.17) is 4.74 Å². The zero-order chi connectivity index (χ0) is 30.4. The molecular formula is C35H34BrN3O4S. The van der Waals surface area contributed by atoms with E-state index in [-0.39, 0.29) is 23.7 Å². The average molecular weight is 673 g/mol. The molecule has 0 N–H and O–H groups in total. The maximum Gasteiger partial charge on any atom is 0.332 e. The molecular weight excluding hydrogens is 638 g/mol. The number of hydrogen-bond acceptors (Lipinski definition) is 5. The van der Waals surface area contributed by atoms with E-state index in [9.17, 15) is 14.4 Å². The third-order valence-corrected chi connectivity index (χ3v) is 11.5. The highest BCUT2D eigenvalue weighted by Gasteiger charge is 2.64. The lowest BCUT2D eigenvalue weighted by Gasteiger charge is -2.40. The summed E-state index contributed by atoms with van der Waals surface area (Å²) in [5.74, 6) is -0.898. The Morgan fingerprint density at radius 3 is 2.34 bits per heavy atom. The number of esters is 1. The third-order valence-electron chi connectivity index (χ3n) is 9.67. The van der Waals surface area contributed by atoms with Crippen molar-refractivity contribution in [3.8, 4) is 0 Å². The molecule has 1 aliphatic carbocycles. The molecule has 2 aromatic carbocycles. The van der Waals surface area contributed by atoms with Gasteiger partial charge >= 0.3 is 5.97 Å². The van der Waals surface area contributed by atoms with Gasteiger partial charge in [0.05, 0.1) is 10.9 Å². The number of ether oxygens (including phenoxy) is 1. The number of fused-ring (bicyclic) bond motifs is 3. The first-order chi connectivity index (χ1) is 21.4. The van der Waals surface area contributed by atoms with Crippen molar-refractivity contribution in [1.82, 2.24) is 14.4 Å². The van der Waals surface area contributed by atoms with Crippen LogP contribution in [-0.4, -0.2) is 64.4 Å². The molecule has 0 spiro atoms. The molecule has 7 rings (SSSR count). The van der Waals surface area contributed by atoms with Crippen LogP contribution in [-0.2, 0) is 28.9 Å². The fraction of sp³-hybridized carbons (Fsp3) is 0.343. The van der Waals surface area contributed by atoms with Gasteiger partial charge in [-0.25, -0.2) is 4.79 Å². The number of thiophene rings is 1. The van der Waals surface area contributed by atoms with Gasteiger partial charge in [-0.05, 0) is 87.4 Å². The fourth-order valence-electron chi connectivity index (χ4n) is 7.75. The van der Waals surface area contributed by atoms with Crippen molar-refractivity contribution in [2.75, 3.05) is 26.7 Å². The molecule has 3 aliphatic rings. The summed E-state index contributed by atoms with van der Waals surface area (Å²) in [7, 11) is 1.41. The summed E-state index contributed by atoms with van der Waals surface area (Å²) in [6.45, 7) is 2.49. The van der Waals surface area contributed by atoms with Crippen molar-refractivity contribution in [3.63, 3.8) is 0 Å². The maximum atomic E-state index is 14.3. The molecule has 2 aromatic heterocycles. The summed E-state index contributed by atoms with van der Waals surface area (Å²) in [6.07, 6.45) is 3.00. The summed E-state index contributed by atoms with van der Waals surface area (Å²) < 4.78 is 8.82. The quantitative estimate of drug-likeness (QED) is 0.221. The van der Waals surface area contributed by atoms with Crippen molar-refractivity contribution in [1.29, 1.82) is 0 Å². The summed E-state index contributed by atoms with van der Waals surface area (Å²) in [5.41, 5.74) is 4.04. The minimum Gasteiger partial charge on any atom is -0.467 e. The molecule has 2 fully saturated rings. The number of halogens is 1. The first kappa shape index (κ1) is 29.0. The van der Waals surface area contributed by atoms with Crippen LogP contribution in [0.5, 0.6) is 0 Å². The molecule has 3 atom stereocenters. The Balaban J connectivity index is 1.40. The van der Waals surface area contributed by atoms with Gasteiger partial charge < -0.3 is 19.1 Å². The second-order valence-electron chi connectivity index (χ2n) is 12.0. The molecule has 0 saturated carbocycles. The number of nitrogens with zero attached hydrogens (tertiary/aromatic N) is 3. The Labute approximate surface area is 269 Å². The molecule has 44 heavy (non-hydrogen) atoms. The molecule has 2 amide bonds. The average Bonchev–Trinajstić information content (AvgIpc) is 3.88. The SMILES string of the molecule is COC(=O)[C@@]1(Cc2ccccc2)[C@H]2c3cc(C(=O)N4CCCC4)n(Cc4ccsc4Br)c3C[C@H]2CN1C(=O)c1ccccc1. The van der Waals surface area contributed by atoms with Crippen LogP contribution in [0.4, 0.5) is 0 Å². The summed E-state index contributed by atoms with van der Waals surface area (Å²) in [6, 6.07) is 23.2. The predicted octanol–water partition coefficient (Wildman–Crippen LogP) is 6.16. The Bertz CT molecular complexity index is 1710. The first-order valence-electron chi connectivity index (χ1n) is 15.1. The van der Waals surface area contributed by atoms with Crippen LogP contribution in [0.1, 0.15) is 62.0 Å². The predicted molar refractivity (Wildman–Crippen MR) is 173 cm³/mol. The Hall–Kier alpha value is -3.69. The van der Waals surface area contributed by atoms with Gasteiger partial charge in [0.2, 0.25) is 0 Å². The van der Waals surface area contributed by atoms with E-state index < -0.39 is 11.5 Å². The molecule has 4 heterocycles. The topological polar surface area (TPSA) is 71.9 Å². The molecule has 2 aliphatic heterocycles. The molecule has 0 unspecified atom stereocenters. The molecule has 2 saturated heterocycles. The minimum atomic E-state index is -1.28. The zero-order valence-corrected chi connectivity index (χ0v) is 27.0. The Morgan fingerprint density at radius 1 is 0.977 bits per heavy atom. The zero-order valence-electron chi connectivity index (χ0n) is 24.6. The van der Waals surface area contributed by atoms with Crippen LogP contribution in [0, 0.1) is 5.92 Å².